The Morgan fingerprint density at radius 2 is 1.95 bits per heavy atom. The molecule has 1 aromatic heterocycles. The minimum Gasteiger partial charge on any atom is -0.494 e. The molecule has 1 aliphatic rings. The molecule has 9 nitrogen and oxygen atoms in total. The van der Waals surface area contributed by atoms with Crippen molar-refractivity contribution < 1.29 is 33.7 Å². The monoisotopic (exact) mass is 539 g/mol. The number of thiophene rings is 1. The van der Waals surface area contributed by atoms with Crippen molar-refractivity contribution in [1.29, 1.82) is 0 Å². The van der Waals surface area contributed by atoms with Crippen LogP contribution in [-0.2, 0) is 24.3 Å². The van der Waals surface area contributed by atoms with Crippen molar-refractivity contribution >= 4 is 46.6 Å². The fraction of sp³-hybridized carbons (Fsp3) is 0.222. The van der Waals surface area contributed by atoms with E-state index in [-0.39, 0.29) is 11.3 Å². The molecule has 1 amide bonds. The van der Waals surface area contributed by atoms with Crippen molar-refractivity contribution in [3.63, 3.8) is 0 Å². The number of carboxylic acid groups (broad SMARTS) is 2. The van der Waals surface area contributed by atoms with Crippen LogP contribution < -0.4 is 15.0 Å². The van der Waals surface area contributed by atoms with Gasteiger partial charge >= 0.3 is 11.9 Å². The Hall–Kier alpha value is -4.38. The number of halogens is 1. The molecule has 0 atom stereocenters. The van der Waals surface area contributed by atoms with E-state index in [1.165, 1.54) is 30.2 Å². The third-order valence-corrected chi connectivity index (χ3v) is 7.18. The molecule has 0 aliphatic carbocycles. The highest BCUT2D eigenvalue weighted by Crippen LogP contribution is 2.34. The number of hydrogen-bond acceptors (Lipinski definition) is 7. The van der Waals surface area contributed by atoms with Crippen molar-refractivity contribution in [2.24, 2.45) is 0 Å². The summed E-state index contributed by atoms with van der Waals surface area (Å²) in [5, 5.41) is 22.3. The van der Waals surface area contributed by atoms with Gasteiger partial charge in [0.05, 0.1) is 24.9 Å². The van der Waals surface area contributed by atoms with Crippen LogP contribution in [0.1, 0.15) is 42.3 Å². The summed E-state index contributed by atoms with van der Waals surface area (Å²) in [7, 11) is 5.28. The molecule has 11 heteroatoms. The minimum atomic E-state index is -1.48. The standard InChI is InChI=1S/C27H26FN3O6S/c1-30-8-7-15-5-4-6-16(18(15)13-30)12-31(2)21-9-17(19(28)11-22(21)37-3)10-23(32)29-20-14-38-25(27(35)36)24(20)26(33)34/h4-9,11,14H,10,12-13H2,1-3H3,(H,29,32)(H,33,34)(H,35,36). The van der Waals surface area contributed by atoms with Crippen LogP contribution in [0.15, 0.2) is 41.9 Å². The Balaban J connectivity index is 1.58. The molecule has 3 N–H and O–H groups in total. The predicted molar refractivity (Wildman–Crippen MR) is 143 cm³/mol. The fourth-order valence-electron chi connectivity index (χ4n) is 4.37. The summed E-state index contributed by atoms with van der Waals surface area (Å²) in [5.41, 5.74) is 3.41. The second kappa shape index (κ2) is 10.9. The van der Waals surface area contributed by atoms with Crippen molar-refractivity contribution in [1.82, 2.24) is 4.90 Å². The number of nitrogens with one attached hydrogen (secondary N) is 1. The number of methoxy groups -OCH3 is 1. The average Bonchev–Trinajstić information content (AvgIpc) is 3.29. The van der Waals surface area contributed by atoms with Crippen LogP contribution in [0, 0.1) is 5.82 Å². The molecular weight excluding hydrogens is 513 g/mol. The first kappa shape index (κ1) is 26.7. The zero-order chi connectivity index (χ0) is 27.6. The van der Waals surface area contributed by atoms with Crippen LogP contribution in [0.2, 0.25) is 0 Å². The molecule has 4 rings (SSSR count). The Labute approximate surface area is 222 Å². The van der Waals surface area contributed by atoms with Gasteiger partial charge in [-0.15, -0.1) is 11.3 Å². The smallest absolute Gasteiger partial charge is 0.346 e. The van der Waals surface area contributed by atoms with Gasteiger partial charge in [-0.1, -0.05) is 18.2 Å². The summed E-state index contributed by atoms with van der Waals surface area (Å²) in [6.07, 6.45) is 3.68. The number of carbonyl (C=O) groups excluding carboxylic acids is 1. The van der Waals surface area contributed by atoms with E-state index in [1.54, 1.807) is 0 Å². The van der Waals surface area contributed by atoms with E-state index in [0.717, 1.165) is 17.7 Å². The predicted octanol–water partition coefficient (Wildman–Crippen LogP) is 4.53. The molecule has 0 radical (unpaired) electrons. The largest absolute Gasteiger partial charge is 0.494 e. The normalized spacial score (nSPS) is 12.2. The second-order valence-electron chi connectivity index (χ2n) is 8.88. The van der Waals surface area contributed by atoms with Gasteiger partial charge in [0.25, 0.3) is 0 Å². The number of aromatic carboxylic acids is 2. The number of hydrogen-bond donors (Lipinski definition) is 3. The second-order valence-corrected chi connectivity index (χ2v) is 9.76. The lowest BCUT2D eigenvalue weighted by atomic mass is 9.97. The van der Waals surface area contributed by atoms with Crippen molar-refractivity contribution in [2.75, 3.05) is 31.4 Å². The van der Waals surface area contributed by atoms with Crippen LogP contribution in [0.5, 0.6) is 5.75 Å². The van der Waals surface area contributed by atoms with Crippen LogP contribution in [0.4, 0.5) is 15.8 Å². The summed E-state index contributed by atoms with van der Waals surface area (Å²) in [6, 6.07) is 8.82. The third kappa shape index (κ3) is 5.47. The van der Waals surface area contributed by atoms with Gasteiger partial charge in [-0.2, -0.15) is 0 Å². The first-order valence-electron chi connectivity index (χ1n) is 11.5. The van der Waals surface area contributed by atoms with Crippen LogP contribution >= 0.6 is 11.3 Å². The fourth-order valence-corrected chi connectivity index (χ4v) is 5.20. The van der Waals surface area contributed by atoms with E-state index in [2.05, 4.69) is 22.4 Å². The Bertz CT molecular complexity index is 1450. The summed E-state index contributed by atoms with van der Waals surface area (Å²) < 4.78 is 20.3. The summed E-state index contributed by atoms with van der Waals surface area (Å²) in [4.78, 5) is 39.2. The number of carboxylic acids is 2. The molecule has 3 aromatic rings. The van der Waals surface area contributed by atoms with E-state index in [0.29, 0.717) is 29.3 Å². The zero-order valence-electron chi connectivity index (χ0n) is 20.9. The van der Waals surface area contributed by atoms with Gasteiger partial charge < -0.3 is 30.1 Å². The lowest BCUT2D eigenvalue weighted by Gasteiger charge is -2.27. The number of fused-ring (bicyclic) bond motifs is 1. The molecule has 0 fully saturated rings. The molecule has 2 aromatic carbocycles. The third-order valence-electron chi connectivity index (χ3n) is 6.22. The first-order chi connectivity index (χ1) is 18.1. The molecule has 38 heavy (non-hydrogen) atoms. The number of carbonyl (C=O) groups is 3. The number of rotatable bonds is 9. The van der Waals surface area contributed by atoms with E-state index < -0.39 is 40.5 Å². The lowest BCUT2D eigenvalue weighted by molar-refractivity contribution is -0.115. The van der Waals surface area contributed by atoms with E-state index in [9.17, 15) is 29.0 Å². The van der Waals surface area contributed by atoms with E-state index >= 15 is 0 Å². The van der Waals surface area contributed by atoms with Crippen LogP contribution in [0.3, 0.4) is 0 Å². The van der Waals surface area contributed by atoms with Crippen molar-refractivity contribution in [3.8, 4) is 5.75 Å². The molecule has 0 bridgehead atoms. The molecule has 0 unspecified atom stereocenters. The molecule has 0 saturated heterocycles. The lowest BCUT2D eigenvalue weighted by Crippen LogP contribution is -2.22. The Morgan fingerprint density at radius 1 is 1.18 bits per heavy atom. The summed E-state index contributed by atoms with van der Waals surface area (Å²) in [6.45, 7) is 1.26. The number of benzene rings is 2. The topological polar surface area (TPSA) is 119 Å². The van der Waals surface area contributed by atoms with Crippen LogP contribution in [0.25, 0.3) is 6.08 Å². The average molecular weight is 540 g/mol. The molecular formula is C27H26FN3O6S. The molecule has 0 saturated carbocycles. The SMILES string of the molecule is COc1cc(F)c(CC(=O)Nc2csc(C(=O)O)c2C(=O)O)cc1N(C)Cc1cccc2c1CN(C)C=C2. The van der Waals surface area contributed by atoms with Gasteiger partial charge in [0.1, 0.15) is 22.0 Å². The quantitative estimate of drug-likeness (QED) is 0.363. The summed E-state index contributed by atoms with van der Waals surface area (Å²) >= 11 is 0.686. The van der Waals surface area contributed by atoms with Crippen molar-refractivity contribution in [2.45, 2.75) is 19.5 Å². The number of amides is 1. The van der Waals surface area contributed by atoms with Crippen LogP contribution in [-0.4, -0.2) is 54.2 Å². The number of nitrogens with zero attached hydrogens (tertiary/aromatic N) is 2. The highest BCUT2D eigenvalue weighted by atomic mass is 32.1. The minimum absolute atomic E-state index is 0.0773. The number of anilines is 2. The summed E-state index contributed by atoms with van der Waals surface area (Å²) in [5.74, 6) is -3.94. The number of ether oxygens (including phenoxy) is 1. The van der Waals surface area contributed by atoms with Gasteiger partial charge in [0.2, 0.25) is 5.91 Å². The molecule has 0 spiro atoms. The van der Waals surface area contributed by atoms with Gasteiger partial charge in [0, 0.05) is 38.6 Å². The maximum Gasteiger partial charge on any atom is 0.346 e. The van der Waals surface area contributed by atoms with Crippen molar-refractivity contribution in [3.05, 3.63) is 80.4 Å². The van der Waals surface area contributed by atoms with Gasteiger partial charge in [-0.25, -0.2) is 14.0 Å². The van der Waals surface area contributed by atoms with Gasteiger partial charge in [-0.05, 0) is 40.6 Å². The van der Waals surface area contributed by atoms with E-state index in [1.807, 2.05) is 37.3 Å². The Kier molecular flexibility index (Phi) is 7.67. The van der Waals surface area contributed by atoms with Gasteiger partial charge in [0.15, 0.2) is 0 Å². The maximum atomic E-state index is 14.9. The molecule has 1 aliphatic heterocycles. The van der Waals surface area contributed by atoms with E-state index in [4.69, 9.17) is 4.74 Å². The molecule has 2 heterocycles. The molecule has 198 valence electrons. The Morgan fingerprint density at radius 3 is 2.63 bits per heavy atom. The first-order valence-corrected chi connectivity index (χ1v) is 12.4. The zero-order valence-corrected chi connectivity index (χ0v) is 21.8. The highest BCUT2D eigenvalue weighted by Gasteiger charge is 2.25. The maximum absolute atomic E-state index is 14.9. The van der Waals surface area contributed by atoms with Gasteiger partial charge in [-0.3, -0.25) is 4.79 Å². The highest BCUT2D eigenvalue weighted by molar-refractivity contribution is 7.13.